The van der Waals surface area contributed by atoms with Crippen LogP contribution in [0.15, 0.2) is 30.3 Å². The van der Waals surface area contributed by atoms with Gasteiger partial charge in [0.15, 0.2) is 0 Å². The Morgan fingerprint density at radius 2 is 2.00 bits per heavy atom. The zero-order valence-corrected chi connectivity index (χ0v) is 15.5. The molecule has 0 saturated heterocycles. The number of fused-ring (bicyclic) bond motifs is 2. The minimum atomic E-state index is -0.0332. The van der Waals surface area contributed by atoms with E-state index in [1.807, 2.05) is 44.2 Å². The number of aromatic nitrogens is 2. The van der Waals surface area contributed by atoms with Gasteiger partial charge in [-0.3, -0.25) is 4.79 Å². The summed E-state index contributed by atoms with van der Waals surface area (Å²) < 4.78 is 0. The number of aryl methyl sites for hydroxylation is 1. The second-order valence-electron chi connectivity index (χ2n) is 6.57. The first-order chi connectivity index (χ1) is 12.5. The van der Waals surface area contributed by atoms with Crippen molar-refractivity contribution in [2.24, 2.45) is 0 Å². The predicted molar refractivity (Wildman–Crippen MR) is 104 cm³/mol. The van der Waals surface area contributed by atoms with Gasteiger partial charge in [0, 0.05) is 28.8 Å². The molecule has 2 N–H and O–H groups in total. The molecule has 6 heteroatoms. The van der Waals surface area contributed by atoms with Crippen molar-refractivity contribution >= 4 is 34.1 Å². The predicted octanol–water partition coefficient (Wildman–Crippen LogP) is 4.21. The number of nitrogens with two attached hydrogens (primary N) is 1. The Hall–Kier alpha value is -2.66. The maximum atomic E-state index is 12.7. The lowest BCUT2D eigenvalue weighted by molar-refractivity contribution is 0.0779. The Morgan fingerprint density at radius 3 is 2.73 bits per heavy atom. The standard InChI is InChI=1S/C20H19ClN4O/c1-3-9-25-10-15-16(20(25)26)17(22)14-6-4-5-12(18(14)24-15)13-8-7-11(2)23-19(13)21/h4-8H,3,9-10H2,1-2H3,(H2,22,24). The first kappa shape index (κ1) is 16.8. The lowest BCUT2D eigenvalue weighted by Gasteiger charge is -2.13. The highest BCUT2D eigenvalue weighted by Gasteiger charge is 2.31. The number of benzene rings is 1. The molecule has 2 aromatic heterocycles. The van der Waals surface area contributed by atoms with E-state index < -0.39 is 0 Å². The van der Waals surface area contributed by atoms with Crippen LogP contribution < -0.4 is 5.73 Å². The Kier molecular flexibility index (Phi) is 4.04. The van der Waals surface area contributed by atoms with Gasteiger partial charge in [-0.05, 0) is 25.5 Å². The van der Waals surface area contributed by atoms with E-state index in [0.717, 1.165) is 39.8 Å². The van der Waals surface area contributed by atoms with Crippen LogP contribution in [0.1, 0.15) is 35.1 Å². The zero-order valence-electron chi connectivity index (χ0n) is 14.7. The van der Waals surface area contributed by atoms with E-state index in [1.165, 1.54) is 0 Å². The number of halogens is 1. The van der Waals surface area contributed by atoms with Crippen molar-refractivity contribution in [2.45, 2.75) is 26.8 Å². The summed E-state index contributed by atoms with van der Waals surface area (Å²) in [5, 5.41) is 1.20. The highest BCUT2D eigenvalue weighted by atomic mass is 35.5. The van der Waals surface area contributed by atoms with Crippen LogP contribution in [-0.2, 0) is 6.54 Å². The van der Waals surface area contributed by atoms with Crippen LogP contribution in [-0.4, -0.2) is 27.3 Å². The second-order valence-corrected chi connectivity index (χ2v) is 6.92. The zero-order chi connectivity index (χ0) is 18.4. The van der Waals surface area contributed by atoms with E-state index in [4.69, 9.17) is 22.3 Å². The fourth-order valence-electron chi connectivity index (χ4n) is 3.52. The molecule has 0 unspecified atom stereocenters. The van der Waals surface area contributed by atoms with E-state index in [2.05, 4.69) is 4.98 Å². The molecular formula is C20H19ClN4O. The first-order valence-electron chi connectivity index (χ1n) is 8.65. The van der Waals surface area contributed by atoms with E-state index in [1.54, 1.807) is 4.90 Å². The molecule has 4 rings (SSSR count). The summed E-state index contributed by atoms with van der Waals surface area (Å²) >= 11 is 6.38. The minimum Gasteiger partial charge on any atom is -0.397 e. The van der Waals surface area contributed by atoms with Gasteiger partial charge in [-0.2, -0.15) is 0 Å². The van der Waals surface area contributed by atoms with Gasteiger partial charge in [0.05, 0.1) is 29.0 Å². The third-order valence-corrected chi connectivity index (χ3v) is 5.03. The summed E-state index contributed by atoms with van der Waals surface area (Å²) in [7, 11) is 0. The molecule has 1 amide bonds. The van der Waals surface area contributed by atoms with Gasteiger partial charge < -0.3 is 10.6 Å². The number of hydrogen-bond donors (Lipinski definition) is 1. The fourth-order valence-corrected chi connectivity index (χ4v) is 3.82. The van der Waals surface area contributed by atoms with Gasteiger partial charge in [-0.15, -0.1) is 0 Å². The molecule has 0 atom stereocenters. The fraction of sp³-hybridized carbons (Fsp3) is 0.250. The molecule has 26 heavy (non-hydrogen) atoms. The lowest BCUT2D eigenvalue weighted by atomic mass is 10.00. The van der Waals surface area contributed by atoms with Crippen molar-refractivity contribution in [2.75, 3.05) is 12.3 Å². The normalized spacial score (nSPS) is 13.5. The third-order valence-electron chi connectivity index (χ3n) is 4.74. The third kappa shape index (κ3) is 2.51. The highest BCUT2D eigenvalue weighted by Crippen LogP contribution is 2.38. The number of para-hydroxylation sites is 1. The Balaban J connectivity index is 1.95. The smallest absolute Gasteiger partial charge is 0.258 e. The molecule has 0 spiro atoms. The maximum absolute atomic E-state index is 12.7. The number of hydrogen-bond acceptors (Lipinski definition) is 4. The summed E-state index contributed by atoms with van der Waals surface area (Å²) in [6.45, 7) is 5.14. The van der Waals surface area contributed by atoms with Gasteiger partial charge in [0.2, 0.25) is 0 Å². The molecule has 1 aliphatic heterocycles. The van der Waals surface area contributed by atoms with Crippen molar-refractivity contribution in [3.8, 4) is 11.1 Å². The molecule has 0 aliphatic carbocycles. The van der Waals surface area contributed by atoms with Crippen LogP contribution in [0, 0.1) is 6.92 Å². The molecule has 3 aromatic rings. The monoisotopic (exact) mass is 366 g/mol. The van der Waals surface area contributed by atoms with E-state index >= 15 is 0 Å². The highest BCUT2D eigenvalue weighted by molar-refractivity contribution is 6.32. The SMILES string of the molecule is CCCN1Cc2nc3c(-c4ccc(C)nc4Cl)cccc3c(N)c2C1=O. The number of rotatable bonds is 3. The van der Waals surface area contributed by atoms with Crippen molar-refractivity contribution in [3.05, 3.63) is 52.4 Å². The number of carbonyl (C=O) groups excluding carboxylic acids is 1. The topological polar surface area (TPSA) is 72.1 Å². The van der Waals surface area contributed by atoms with E-state index in [9.17, 15) is 4.79 Å². The Morgan fingerprint density at radius 1 is 1.19 bits per heavy atom. The van der Waals surface area contributed by atoms with Crippen molar-refractivity contribution in [1.82, 2.24) is 14.9 Å². The van der Waals surface area contributed by atoms with Crippen LogP contribution >= 0.6 is 11.6 Å². The average molecular weight is 367 g/mol. The number of anilines is 1. The van der Waals surface area contributed by atoms with E-state index in [0.29, 0.717) is 29.5 Å². The second kappa shape index (κ2) is 6.25. The molecule has 3 heterocycles. The van der Waals surface area contributed by atoms with Crippen LogP contribution in [0.5, 0.6) is 0 Å². The summed E-state index contributed by atoms with van der Waals surface area (Å²) in [6, 6.07) is 9.62. The number of amides is 1. The van der Waals surface area contributed by atoms with Gasteiger partial charge in [0.1, 0.15) is 5.15 Å². The van der Waals surface area contributed by atoms with Crippen molar-refractivity contribution in [3.63, 3.8) is 0 Å². The summed E-state index contributed by atoms with van der Waals surface area (Å²) in [4.78, 5) is 23.6. The molecule has 1 aliphatic rings. The van der Waals surface area contributed by atoms with Gasteiger partial charge in [-0.1, -0.05) is 36.7 Å². The molecule has 5 nitrogen and oxygen atoms in total. The molecule has 0 fully saturated rings. The van der Waals surface area contributed by atoms with Crippen LogP contribution in [0.2, 0.25) is 5.15 Å². The first-order valence-corrected chi connectivity index (χ1v) is 9.03. The number of nitrogen functional groups attached to an aromatic ring is 1. The van der Waals surface area contributed by atoms with Gasteiger partial charge in [-0.25, -0.2) is 9.97 Å². The van der Waals surface area contributed by atoms with Crippen LogP contribution in [0.3, 0.4) is 0 Å². The van der Waals surface area contributed by atoms with E-state index in [-0.39, 0.29) is 5.91 Å². The average Bonchev–Trinajstić information content (AvgIpc) is 2.91. The maximum Gasteiger partial charge on any atom is 0.258 e. The molecule has 0 bridgehead atoms. The molecule has 0 saturated carbocycles. The lowest BCUT2D eigenvalue weighted by Crippen LogP contribution is -2.24. The molecule has 132 valence electrons. The summed E-state index contributed by atoms with van der Waals surface area (Å²) in [6.07, 6.45) is 0.898. The Labute approximate surface area is 156 Å². The summed E-state index contributed by atoms with van der Waals surface area (Å²) in [5.74, 6) is -0.0332. The van der Waals surface area contributed by atoms with Crippen LogP contribution in [0.25, 0.3) is 22.0 Å². The largest absolute Gasteiger partial charge is 0.397 e. The van der Waals surface area contributed by atoms with Crippen molar-refractivity contribution < 1.29 is 4.79 Å². The quantitative estimate of drug-likeness (QED) is 0.705. The summed E-state index contributed by atoms with van der Waals surface area (Å²) in [5.41, 5.74) is 11.4. The molecular weight excluding hydrogens is 348 g/mol. The number of carbonyl (C=O) groups is 1. The van der Waals surface area contributed by atoms with Gasteiger partial charge in [0.25, 0.3) is 5.91 Å². The van der Waals surface area contributed by atoms with Gasteiger partial charge >= 0.3 is 0 Å². The van der Waals surface area contributed by atoms with Crippen molar-refractivity contribution in [1.29, 1.82) is 0 Å². The molecule has 1 aromatic carbocycles. The minimum absolute atomic E-state index is 0.0332. The number of pyridine rings is 2. The molecule has 0 radical (unpaired) electrons. The number of nitrogens with zero attached hydrogens (tertiary/aromatic N) is 3. The van der Waals surface area contributed by atoms with Crippen LogP contribution in [0.4, 0.5) is 5.69 Å². The Bertz CT molecular complexity index is 1050.